The van der Waals surface area contributed by atoms with Crippen LogP contribution in [-0.2, 0) is 0 Å². The third-order valence-electron chi connectivity index (χ3n) is 4.88. The summed E-state index contributed by atoms with van der Waals surface area (Å²) in [6.45, 7) is 4.31. The maximum Gasteiger partial charge on any atom is 0.0752 e. The summed E-state index contributed by atoms with van der Waals surface area (Å²) in [4.78, 5) is 0. The van der Waals surface area contributed by atoms with Gasteiger partial charge in [0.1, 0.15) is 0 Å². The molecule has 0 radical (unpaired) electrons. The summed E-state index contributed by atoms with van der Waals surface area (Å²) in [5, 5.41) is 8.31. The second kappa shape index (κ2) is 4.71. The molecule has 0 aliphatic carbocycles. The van der Waals surface area contributed by atoms with Crippen LogP contribution in [0.4, 0.5) is 0 Å². The molecule has 0 atom stereocenters. The zero-order valence-corrected chi connectivity index (χ0v) is 13.7. The van der Waals surface area contributed by atoms with E-state index in [1.807, 2.05) is 6.20 Å². The van der Waals surface area contributed by atoms with Gasteiger partial charge in [0.05, 0.1) is 22.9 Å². The van der Waals surface area contributed by atoms with E-state index < -0.39 is 0 Å². The second-order valence-corrected chi connectivity index (χ2v) is 6.30. The van der Waals surface area contributed by atoms with Gasteiger partial charge >= 0.3 is 0 Å². The van der Waals surface area contributed by atoms with Crippen molar-refractivity contribution in [2.24, 2.45) is 0 Å². The number of nitrogens with zero attached hydrogens (tertiary/aromatic N) is 3. The van der Waals surface area contributed by atoms with E-state index in [0.29, 0.717) is 0 Å². The van der Waals surface area contributed by atoms with Crippen molar-refractivity contribution in [3.8, 4) is 5.69 Å². The molecule has 116 valence electrons. The van der Waals surface area contributed by atoms with Crippen LogP contribution in [-0.4, -0.2) is 14.2 Å². The second-order valence-electron chi connectivity index (χ2n) is 6.30. The lowest BCUT2D eigenvalue weighted by Crippen LogP contribution is -2.02. The first-order valence-electron chi connectivity index (χ1n) is 8.18. The molecule has 3 aromatic heterocycles. The molecule has 3 heteroatoms. The van der Waals surface area contributed by atoms with Crippen LogP contribution in [0.5, 0.6) is 0 Å². The smallest absolute Gasteiger partial charge is 0.0752 e. The number of pyridine rings is 1. The molecular formula is C21H17N3. The zero-order valence-electron chi connectivity index (χ0n) is 13.7. The number of hydrogen-bond acceptors (Lipinski definition) is 1. The molecule has 0 spiro atoms. The number of aryl methyl sites for hydroxylation is 2. The molecule has 0 unspecified atom stereocenters. The molecule has 0 N–H and O–H groups in total. The van der Waals surface area contributed by atoms with Gasteiger partial charge in [-0.1, -0.05) is 30.3 Å². The van der Waals surface area contributed by atoms with Gasteiger partial charge in [-0.05, 0) is 49.6 Å². The van der Waals surface area contributed by atoms with E-state index in [2.05, 4.69) is 88.7 Å². The van der Waals surface area contributed by atoms with Crippen LogP contribution in [0, 0.1) is 13.8 Å². The molecule has 5 aromatic rings. The summed E-state index contributed by atoms with van der Waals surface area (Å²) in [6.07, 6.45) is 1.88. The minimum absolute atomic E-state index is 1.14. The van der Waals surface area contributed by atoms with Gasteiger partial charge in [0.2, 0.25) is 0 Å². The van der Waals surface area contributed by atoms with Crippen molar-refractivity contribution in [3.63, 3.8) is 0 Å². The molecule has 0 aliphatic heterocycles. The van der Waals surface area contributed by atoms with Crippen molar-refractivity contribution in [2.75, 3.05) is 0 Å². The first-order chi connectivity index (χ1) is 11.8. The third kappa shape index (κ3) is 1.64. The molecule has 0 aliphatic rings. The Bertz CT molecular complexity index is 1200. The Morgan fingerprint density at radius 1 is 0.708 bits per heavy atom. The fourth-order valence-electron chi connectivity index (χ4n) is 3.84. The lowest BCUT2D eigenvalue weighted by Gasteiger charge is -2.16. The van der Waals surface area contributed by atoms with Gasteiger partial charge < -0.3 is 4.57 Å². The Labute approximate surface area is 139 Å². The Morgan fingerprint density at radius 2 is 1.46 bits per heavy atom. The van der Waals surface area contributed by atoms with Crippen molar-refractivity contribution in [1.82, 2.24) is 14.2 Å². The van der Waals surface area contributed by atoms with Crippen molar-refractivity contribution in [2.45, 2.75) is 13.8 Å². The maximum absolute atomic E-state index is 4.57. The quantitative estimate of drug-likeness (QED) is 0.397. The molecule has 3 nitrogen and oxygen atoms in total. The first-order valence-corrected chi connectivity index (χ1v) is 8.18. The largest absolute Gasteiger partial charge is 0.318 e. The van der Waals surface area contributed by atoms with E-state index in [1.165, 1.54) is 33.2 Å². The van der Waals surface area contributed by atoms with Gasteiger partial charge in [-0.25, -0.2) is 4.52 Å². The van der Waals surface area contributed by atoms with Crippen LogP contribution >= 0.6 is 0 Å². The highest BCUT2D eigenvalue weighted by Crippen LogP contribution is 2.34. The highest BCUT2D eigenvalue weighted by atomic mass is 15.2. The monoisotopic (exact) mass is 311 g/mol. The zero-order chi connectivity index (χ0) is 16.3. The molecule has 24 heavy (non-hydrogen) atoms. The predicted octanol–water partition coefficient (Wildman–Crippen LogP) is 5.05. The summed E-state index contributed by atoms with van der Waals surface area (Å²) in [7, 11) is 0. The Kier molecular flexibility index (Phi) is 2.63. The topological polar surface area (TPSA) is 22.2 Å². The van der Waals surface area contributed by atoms with Gasteiger partial charge in [-0.3, -0.25) is 0 Å². The number of fused-ring (bicyclic) bond motifs is 6. The van der Waals surface area contributed by atoms with Crippen LogP contribution < -0.4 is 0 Å². The van der Waals surface area contributed by atoms with Crippen LogP contribution in [0.2, 0.25) is 0 Å². The van der Waals surface area contributed by atoms with Gasteiger partial charge in [0, 0.05) is 22.2 Å². The molecule has 5 rings (SSSR count). The molecule has 3 heterocycles. The van der Waals surface area contributed by atoms with Crippen molar-refractivity contribution in [1.29, 1.82) is 0 Å². The summed E-state index contributed by atoms with van der Waals surface area (Å²) in [5.41, 5.74) is 5.98. The van der Waals surface area contributed by atoms with Crippen molar-refractivity contribution < 1.29 is 0 Å². The average molecular weight is 311 g/mol. The molecular weight excluding hydrogens is 294 g/mol. The first kappa shape index (κ1) is 13.4. The molecule has 0 bridgehead atoms. The third-order valence-corrected chi connectivity index (χ3v) is 4.88. The molecule has 0 saturated heterocycles. The number of aromatic nitrogens is 3. The lowest BCUT2D eigenvalue weighted by molar-refractivity contribution is 0.969. The van der Waals surface area contributed by atoms with Crippen molar-refractivity contribution >= 4 is 27.2 Å². The van der Waals surface area contributed by atoms with E-state index in [-0.39, 0.29) is 0 Å². The van der Waals surface area contributed by atoms with Gasteiger partial charge in [-0.2, -0.15) is 5.10 Å². The Hall–Kier alpha value is -3.07. The van der Waals surface area contributed by atoms with Crippen LogP contribution in [0.3, 0.4) is 0 Å². The van der Waals surface area contributed by atoms with Gasteiger partial charge in [0.15, 0.2) is 0 Å². The molecule has 2 aromatic carbocycles. The van der Waals surface area contributed by atoms with E-state index in [0.717, 1.165) is 11.0 Å². The van der Waals surface area contributed by atoms with E-state index in [4.69, 9.17) is 0 Å². The number of rotatable bonds is 1. The minimum Gasteiger partial charge on any atom is -0.318 e. The average Bonchev–Trinajstić information content (AvgIpc) is 3.22. The summed E-state index contributed by atoms with van der Waals surface area (Å²) >= 11 is 0. The SMILES string of the molecule is Cc1ccc(C)n1-c1cccc2c1c1ccccc1c1ccnn12. The van der Waals surface area contributed by atoms with Gasteiger partial charge in [0.25, 0.3) is 0 Å². The molecule has 0 fully saturated rings. The Morgan fingerprint density at radius 3 is 2.25 bits per heavy atom. The lowest BCUT2D eigenvalue weighted by atomic mass is 10.0. The van der Waals surface area contributed by atoms with Crippen LogP contribution in [0.25, 0.3) is 32.9 Å². The van der Waals surface area contributed by atoms with E-state index in [1.54, 1.807) is 0 Å². The highest BCUT2D eigenvalue weighted by molar-refractivity contribution is 6.15. The standard InChI is InChI=1S/C21H17N3/c1-14-10-11-15(2)23(14)19-8-5-9-20-21(19)17-7-4-3-6-16(17)18-12-13-22-24(18)20/h3-13H,1-2H3. The van der Waals surface area contributed by atoms with Crippen molar-refractivity contribution in [3.05, 3.63) is 78.2 Å². The number of hydrogen-bond donors (Lipinski definition) is 0. The molecule has 0 amide bonds. The van der Waals surface area contributed by atoms with E-state index >= 15 is 0 Å². The summed E-state index contributed by atoms with van der Waals surface area (Å²) in [6, 6.07) is 21.5. The maximum atomic E-state index is 4.57. The number of benzene rings is 2. The summed E-state index contributed by atoms with van der Waals surface area (Å²) < 4.78 is 4.37. The van der Waals surface area contributed by atoms with Gasteiger partial charge in [-0.15, -0.1) is 0 Å². The normalized spacial score (nSPS) is 11.8. The fourth-order valence-corrected chi connectivity index (χ4v) is 3.84. The highest BCUT2D eigenvalue weighted by Gasteiger charge is 2.14. The van der Waals surface area contributed by atoms with Crippen LogP contribution in [0.1, 0.15) is 11.4 Å². The minimum atomic E-state index is 1.14. The summed E-state index contributed by atoms with van der Waals surface area (Å²) in [5.74, 6) is 0. The molecule has 0 saturated carbocycles. The predicted molar refractivity (Wildman–Crippen MR) is 99.0 cm³/mol. The fraction of sp³-hybridized carbons (Fsp3) is 0.0952. The van der Waals surface area contributed by atoms with E-state index in [9.17, 15) is 0 Å². The van der Waals surface area contributed by atoms with Crippen LogP contribution in [0.15, 0.2) is 66.9 Å². The Balaban J connectivity index is 2.10.